The van der Waals surface area contributed by atoms with Crippen molar-refractivity contribution in [1.82, 2.24) is 5.32 Å². The highest BCUT2D eigenvalue weighted by atomic mass is 16.5. The number of hydrogen-bond donors (Lipinski definition) is 2. The maximum atomic E-state index is 12.0. The van der Waals surface area contributed by atoms with Crippen molar-refractivity contribution in [3.05, 3.63) is 0 Å². The van der Waals surface area contributed by atoms with Crippen molar-refractivity contribution in [2.75, 3.05) is 19.7 Å². The van der Waals surface area contributed by atoms with Crippen LogP contribution < -0.4 is 11.1 Å². The summed E-state index contributed by atoms with van der Waals surface area (Å²) < 4.78 is 5.44. The molecule has 0 aromatic heterocycles. The molecule has 1 aliphatic heterocycles. The van der Waals surface area contributed by atoms with Gasteiger partial charge in [0, 0.05) is 6.54 Å². The number of amides is 1. The van der Waals surface area contributed by atoms with Crippen LogP contribution in [0.3, 0.4) is 0 Å². The van der Waals surface area contributed by atoms with E-state index < -0.39 is 0 Å². The first-order valence-corrected chi connectivity index (χ1v) is 7.30. The summed E-state index contributed by atoms with van der Waals surface area (Å²) in [5, 5.41) is 3.10. The van der Waals surface area contributed by atoms with Gasteiger partial charge < -0.3 is 15.8 Å². The molecular weight excluding hydrogens is 228 g/mol. The lowest BCUT2D eigenvalue weighted by atomic mass is 9.79. The highest BCUT2D eigenvalue weighted by molar-refractivity contribution is 5.79. The zero-order valence-corrected chi connectivity index (χ0v) is 11.4. The maximum Gasteiger partial charge on any atom is 0.225 e. The van der Waals surface area contributed by atoms with Crippen LogP contribution in [-0.4, -0.2) is 31.7 Å². The van der Waals surface area contributed by atoms with Gasteiger partial charge >= 0.3 is 0 Å². The summed E-state index contributed by atoms with van der Waals surface area (Å²) in [6.07, 6.45) is 6.09. The second kappa shape index (κ2) is 6.53. The number of hydrogen-bond acceptors (Lipinski definition) is 3. The first-order chi connectivity index (χ1) is 8.70. The number of carbonyl (C=O) groups is 1. The van der Waals surface area contributed by atoms with Gasteiger partial charge in [-0.1, -0.05) is 12.8 Å². The molecule has 4 nitrogen and oxygen atoms in total. The fourth-order valence-electron chi connectivity index (χ4n) is 3.24. The lowest BCUT2D eigenvalue weighted by Crippen LogP contribution is -2.39. The highest BCUT2D eigenvalue weighted by Crippen LogP contribution is 2.29. The molecule has 0 aromatic rings. The molecule has 1 heterocycles. The molecular formula is C14H26N2O2. The Hall–Kier alpha value is -0.610. The quantitative estimate of drug-likeness (QED) is 0.794. The Labute approximate surface area is 110 Å². The Kier molecular flexibility index (Phi) is 5.01. The summed E-state index contributed by atoms with van der Waals surface area (Å²) >= 11 is 0. The van der Waals surface area contributed by atoms with Gasteiger partial charge in [0.1, 0.15) is 0 Å². The second-order valence-electron chi connectivity index (χ2n) is 5.86. The lowest BCUT2D eigenvalue weighted by molar-refractivity contribution is -0.125. The van der Waals surface area contributed by atoms with E-state index in [2.05, 4.69) is 5.32 Å². The topological polar surface area (TPSA) is 64.4 Å². The maximum absolute atomic E-state index is 12.0. The van der Waals surface area contributed by atoms with Crippen molar-refractivity contribution in [2.45, 2.75) is 45.1 Å². The minimum atomic E-state index is 0.0555. The van der Waals surface area contributed by atoms with Gasteiger partial charge in [-0.3, -0.25) is 4.79 Å². The molecule has 1 amide bonds. The average molecular weight is 254 g/mol. The van der Waals surface area contributed by atoms with Crippen LogP contribution in [0.4, 0.5) is 0 Å². The second-order valence-corrected chi connectivity index (χ2v) is 5.86. The third-order valence-corrected chi connectivity index (χ3v) is 4.48. The van der Waals surface area contributed by atoms with E-state index in [-0.39, 0.29) is 17.9 Å². The van der Waals surface area contributed by atoms with E-state index in [4.69, 9.17) is 10.5 Å². The third kappa shape index (κ3) is 3.45. The molecule has 0 aromatic carbocycles. The van der Waals surface area contributed by atoms with E-state index >= 15 is 0 Å². The minimum Gasteiger partial charge on any atom is -0.378 e. The fourth-order valence-corrected chi connectivity index (χ4v) is 3.24. The van der Waals surface area contributed by atoms with E-state index in [1.165, 1.54) is 25.7 Å². The van der Waals surface area contributed by atoms with Crippen molar-refractivity contribution >= 4 is 5.91 Å². The zero-order chi connectivity index (χ0) is 13.0. The minimum absolute atomic E-state index is 0.0555. The van der Waals surface area contributed by atoms with Crippen molar-refractivity contribution in [3.63, 3.8) is 0 Å². The summed E-state index contributed by atoms with van der Waals surface area (Å²) in [7, 11) is 0. The molecule has 0 radical (unpaired) electrons. The summed E-state index contributed by atoms with van der Waals surface area (Å²) in [5.74, 6) is 1.39. The number of ether oxygens (including phenoxy) is 1. The Balaban J connectivity index is 1.74. The lowest BCUT2D eigenvalue weighted by Gasteiger charge is -2.31. The predicted molar refractivity (Wildman–Crippen MR) is 71.0 cm³/mol. The largest absolute Gasteiger partial charge is 0.378 e. The molecule has 4 atom stereocenters. The van der Waals surface area contributed by atoms with Gasteiger partial charge in [0.05, 0.1) is 18.6 Å². The van der Waals surface area contributed by atoms with Gasteiger partial charge in [-0.2, -0.15) is 0 Å². The van der Waals surface area contributed by atoms with E-state index in [0.29, 0.717) is 18.4 Å². The van der Waals surface area contributed by atoms with Gasteiger partial charge in [0.15, 0.2) is 0 Å². The van der Waals surface area contributed by atoms with Crippen molar-refractivity contribution in [1.29, 1.82) is 0 Å². The molecule has 1 saturated carbocycles. The molecule has 4 unspecified atom stereocenters. The number of nitrogens with two attached hydrogens (primary N) is 1. The van der Waals surface area contributed by atoms with Gasteiger partial charge in [-0.15, -0.1) is 0 Å². The predicted octanol–water partition coefficient (Wildman–Crippen LogP) is 1.29. The molecule has 2 fully saturated rings. The summed E-state index contributed by atoms with van der Waals surface area (Å²) in [6.45, 7) is 4.16. The number of carbonyl (C=O) groups excluding carboxylic acids is 1. The van der Waals surface area contributed by atoms with E-state index in [1.54, 1.807) is 0 Å². The van der Waals surface area contributed by atoms with Crippen LogP contribution in [0.2, 0.25) is 0 Å². The standard InChI is InChI=1S/C14H26N2O2/c1-10-6-13(9-18-10)14(17)16-8-12-5-3-2-4-11(12)7-15/h10-13H,2-9,15H2,1H3,(H,16,17). The average Bonchev–Trinajstić information content (AvgIpc) is 2.83. The molecule has 1 aliphatic carbocycles. The van der Waals surface area contributed by atoms with Crippen molar-refractivity contribution in [2.24, 2.45) is 23.5 Å². The van der Waals surface area contributed by atoms with Crippen LogP contribution in [0, 0.1) is 17.8 Å². The Bertz CT molecular complexity index is 283. The zero-order valence-electron chi connectivity index (χ0n) is 11.4. The highest BCUT2D eigenvalue weighted by Gasteiger charge is 2.29. The Morgan fingerprint density at radius 1 is 1.33 bits per heavy atom. The Morgan fingerprint density at radius 3 is 2.67 bits per heavy atom. The van der Waals surface area contributed by atoms with Crippen LogP contribution in [-0.2, 0) is 9.53 Å². The van der Waals surface area contributed by atoms with Crippen LogP contribution in [0.15, 0.2) is 0 Å². The molecule has 2 rings (SSSR count). The molecule has 104 valence electrons. The number of nitrogens with one attached hydrogen (secondary N) is 1. The van der Waals surface area contributed by atoms with Crippen molar-refractivity contribution in [3.8, 4) is 0 Å². The van der Waals surface area contributed by atoms with Crippen LogP contribution in [0.5, 0.6) is 0 Å². The van der Waals surface area contributed by atoms with Crippen molar-refractivity contribution < 1.29 is 9.53 Å². The fraction of sp³-hybridized carbons (Fsp3) is 0.929. The van der Waals surface area contributed by atoms with Gasteiger partial charge in [-0.25, -0.2) is 0 Å². The van der Waals surface area contributed by atoms with E-state index in [0.717, 1.165) is 19.5 Å². The van der Waals surface area contributed by atoms with Gasteiger partial charge in [0.25, 0.3) is 0 Å². The van der Waals surface area contributed by atoms with Crippen LogP contribution in [0.1, 0.15) is 39.0 Å². The molecule has 18 heavy (non-hydrogen) atoms. The smallest absolute Gasteiger partial charge is 0.225 e. The monoisotopic (exact) mass is 254 g/mol. The van der Waals surface area contributed by atoms with E-state index in [1.807, 2.05) is 6.92 Å². The van der Waals surface area contributed by atoms with Gasteiger partial charge in [0.2, 0.25) is 5.91 Å². The Morgan fingerprint density at radius 2 is 2.06 bits per heavy atom. The van der Waals surface area contributed by atoms with Crippen LogP contribution in [0.25, 0.3) is 0 Å². The molecule has 0 spiro atoms. The first-order valence-electron chi connectivity index (χ1n) is 7.30. The van der Waals surface area contributed by atoms with Gasteiger partial charge in [-0.05, 0) is 44.6 Å². The molecule has 4 heteroatoms. The SMILES string of the molecule is CC1CC(C(=O)NCC2CCCCC2CN)CO1. The normalized spacial score (nSPS) is 36.6. The summed E-state index contributed by atoms with van der Waals surface area (Å²) in [5.41, 5.74) is 5.81. The molecule has 3 N–H and O–H groups in total. The first kappa shape index (κ1) is 13.8. The third-order valence-electron chi connectivity index (χ3n) is 4.48. The molecule has 0 bridgehead atoms. The van der Waals surface area contributed by atoms with Crippen LogP contribution >= 0.6 is 0 Å². The number of rotatable bonds is 4. The van der Waals surface area contributed by atoms with E-state index in [9.17, 15) is 4.79 Å². The summed E-state index contributed by atoms with van der Waals surface area (Å²) in [4.78, 5) is 12.0. The molecule has 1 saturated heterocycles. The molecule has 2 aliphatic rings. The summed E-state index contributed by atoms with van der Waals surface area (Å²) in [6, 6.07) is 0.